The SMILES string of the molecule is C#Cc1ccc(C(=O)N[C@@H](CNC(=O)OC(C)(C)C)C(=O)COC)cc1.C#Cc1ccc(C(=O)O)cc1.COCC(=O)[C@@H](C)CNC(=O)OC(C)(C)C.Cc1ccc(C#Cc2ccc(C(=O)N[C@@H](CN)C(=O)NO)cc2)cc1.Cc1ccc(I)cc1. The van der Waals surface area contributed by atoms with Gasteiger partial charge in [-0.1, -0.05) is 66.0 Å². The molecule has 0 unspecified atom stereocenters. The zero-order chi connectivity index (χ0) is 65.0. The van der Waals surface area contributed by atoms with Crippen molar-refractivity contribution in [3.63, 3.8) is 0 Å². The maximum atomic E-state index is 12.3. The van der Waals surface area contributed by atoms with Gasteiger partial charge in [-0.15, -0.1) is 12.8 Å². The van der Waals surface area contributed by atoms with E-state index in [9.17, 15) is 38.4 Å². The maximum absolute atomic E-state index is 12.3. The summed E-state index contributed by atoms with van der Waals surface area (Å²) in [6.45, 7) is 16.2. The Hall–Kier alpha value is -8.89. The quantitative estimate of drug-likeness (QED) is 0.0191. The van der Waals surface area contributed by atoms with E-state index in [-0.39, 0.29) is 55.9 Å². The number of rotatable bonds is 17. The smallest absolute Gasteiger partial charge is 0.407 e. The number of hydrogen-bond acceptors (Lipinski definition) is 14. The predicted octanol–water partition coefficient (Wildman–Crippen LogP) is 7.79. The van der Waals surface area contributed by atoms with Crippen molar-refractivity contribution in [1.29, 1.82) is 0 Å². The van der Waals surface area contributed by atoms with Crippen molar-refractivity contribution in [3.8, 4) is 36.5 Å². The molecule has 0 spiro atoms. The van der Waals surface area contributed by atoms with Gasteiger partial charge in [0, 0.05) is 76.7 Å². The number of carbonyl (C=O) groups excluding carboxylic acids is 7. The first-order valence-corrected chi connectivity index (χ1v) is 27.6. The van der Waals surface area contributed by atoms with Gasteiger partial charge in [0.2, 0.25) is 0 Å². The predicted molar refractivity (Wildman–Crippen MR) is 336 cm³/mol. The summed E-state index contributed by atoms with van der Waals surface area (Å²) >= 11 is 2.30. The Morgan fingerprint density at radius 1 is 0.558 bits per heavy atom. The van der Waals surface area contributed by atoms with Gasteiger partial charge in [0.05, 0.1) is 5.56 Å². The van der Waals surface area contributed by atoms with Crippen LogP contribution in [0.4, 0.5) is 9.59 Å². The van der Waals surface area contributed by atoms with Crippen LogP contribution in [0.3, 0.4) is 0 Å². The second-order valence-electron chi connectivity index (χ2n) is 20.5. The number of terminal acetylenes is 2. The van der Waals surface area contributed by atoms with Crippen LogP contribution in [0.15, 0.2) is 121 Å². The molecule has 0 radical (unpaired) electrons. The third-order valence-corrected chi connectivity index (χ3v) is 11.5. The molecule has 3 atom stereocenters. The lowest BCUT2D eigenvalue weighted by atomic mass is 10.1. The number of ether oxygens (including phenoxy) is 4. The van der Waals surface area contributed by atoms with Crippen LogP contribution in [0.5, 0.6) is 0 Å². The van der Waals surface area contributed by atoms with Crippen LogP contribution in [0.1, 0.15) is 113 Å². The Morgan fingerprint density at radius 3 is 1.28 bits per heavy atom. The van der Waals surface area contributed by atoms with E-state index in [1.807, 2.05) is 31.2 Å². The number of alkyl carbamates (subject to hydrolysis) is 2. The minimum absolute atomic E-state index is 0.0430. The molecule has 0 bridgehead atoms. The largest absolute Gasteiger partial charge is 0.478 e. The monoisotopic (exact) mass is 1290 g/mol. The molecule has 5 aromatic carbocycles. The lowest BCUT2D eigenvalue weighted by Crippen LogP contribution is -2.50. The molecular weight excluding hydrogens is 1220 g/mol. The Bertz CT molecular complexity index is 3110. The van der Waals surface area contributed by atoms with Crippen LogP contribution in [-0.4, -0.2) is 128 Å². The number of nitrogens with one attached hydrogen (secondary N) is 5. The molecule has 5 rings (SSSR count). The summed E-state index contributed by atoms with van der Waals surface area (Å²) in [6, 6.07) is 33.6. The van der Waals surface area contributed by atoms with Gasteiger partial charge in [0.1, 0.15) is 36.5 Å². The third kappa shape index (κ3) is 32.8. The number of carbonyl (C=O) groups is 8. The van der Waals surface area contributed by atoms with E-state index in [2.05, 4.69) is 98.7 Å². The summed E-state index contributed by atoms with van der Waals surface area (Å²) in [5.74, 6) is 7.62. The summed E-state index contributed by atoms with van der Waals surface area (Å²) in [5.41, 5.74) is 12.1. The minimum Gasteiger partial charge on any atom is -0.478 e. The fourth-order valence-corrected chi connectivity index (χ4v) is 6.54. The lowest BCUT2D eigenvalue weighted by Gasteiger charge is -2.22. The standard InChI is InChI=1S/C19H19N3O3.C19H24N2O5.C11H21NO4.C9H6O2.C7H7I/c1-13-2-4-14(5-3-13)6-7-15-8-10-16(11-9-15)18(23)21-17(12-20)19(24)22-25;1-6-13-7-9-14(10-8-13)17(23)21-15(16(22)12-25-5)11-20-18(24)26-19(2,3)4;1-8(9(13)7-15-5)6-12-10(14)16-11(2,3)4;1-2-7-3-5-8(6-4-7)9(10)11;1-6-2-4-7(8)5-3-6/h2-5,8-11,17,25H,12,20H2,1H3,(H,21,23)(H,22,24);1,7-10,15H,11-12H2,2-5H3,(H,20,24)(H,21,23);8H,6-7H2,1-5H3,(H,12,14);1,3-6H,(H,10,11);2-5H,1H3/t17-;15-;8-;;/m000../s1. The topological polar surface area (TPSA) is 300 Å². The number of benzene rings is 5. The van der Waals surface area contributed by atoms with Crippen molar-refractivity contribution in [2.45, 2.75) is 85.6 Å². The first kappa shape index (κ1) is 75.1. The molecule has 0 saturated carbocycles. The average molecular weight is 1290 g/mol. The van der Waals surface area contributed by atoms with Gasteiger partial charge < -0.3 is 51.1 Å². The molecule has 9 N–H and O–H groups in total. The van der Waals surface area contributed by atoms with E-state index in [0.29, 0.717) is 22.3 Å². The second-order valence-corrected chi connectivity index (χ2v) is 21.7. The number of halogens is 1. The van der Waals surface area contributed by atoms with Gasteiger partial charge in [0.25, 0.3) is 17.7 Å². The van der Waals surface area contributed by atoms with Crippen molar-refractivity contribution in [2.75, 3.05) is 47.1 Å². The van der Waals surface area contributed by atoms with E-state index in [1.165, 1.54) is 46.5 Å². The fourth-order valence-electron chi connectivity index (χ4n) is 6.18. The highest BCUT2D eigenvalue weighted by Gasteiger charge is 2.25. The number of ketones is 2. The van der Waals surface area contributed by atoms with Crippen molar-refractivity contribution in [3.05, 3.63) is 175 Å². The van der Waals surface area contributed by atoms with E-state index in [1.54, 1.807) is 109 Å². The van der Waals surface area contributed by atoms with Crippen LogP contribution < -0.4 is 32.5 Å². The van der Waals surface area contributed by atoms with Crippen molar-refractivity contribution in [1.82, 2.24) is 26.7 Å². The molecule has 458 valence electrons. The molecule has 0 saturated heterocycles. The molecule has 0 aliphatic rings. The van der Waals surface area contributed by atoms with Crippen LogP contribution in [0.25, 0.3) is 0 Å². The van der Waals surface area contributed by atoms with Crippen molar-refractivity contribution < 1.29 is 67.6 Å². The Morgan fingerprint density at radius 2 is 0.919 bits per heavy atom. The van der Waals surface area contributed by atoms with Crippen LogP contribution in [0.2, 0.25) is 0 Å². The first-order chi connectivity index (χ1) is 40.5. The Labute approximate surface area is 517 Å². The number of carboxylic acid groups (broad SMARTS) is 1. The number of amides is 5. The highest BCUT2D eigenvalue weighted by atomic mass is 127. The highest BCUT2D eigenvalue weighted by molar-refractivity contribution is 14.1. The summed E-state index contributed by atoms with van der Waals surface area (Å²) < 4.78 is 21.0. The molecule has 20 nitrogen and oxygen atoms in total. The molecular formula is C65H77IN6O14. The molecule has 0 aliphatic heterocycles. The van der Waals surface area contributed by atoms with Crippen LogP contribution in [-0.2, 0) is 33.3 Å². The minimum atomic E-state index is -1.00. The summed E-state index contributed by atoms with van der Waals surface area (Å²) in [7, 11) is 2.84. The zero-order valence-corrected chi connectivity index (χ0v) is 52.4. The second kappa shape index (κ2) is 39.6. The number of aryl methyl sites for hydroxylation is 2. The molecule has 86 heavy (non-hydrogen) atoms. The van der Waals surface area contributed by atoms with Crippen LogP contribution >= 0.6 is 22.6 Å². The summed E-state index contributed by atoms with van der Waals surface area (Å²) in [5, 5.41) is 27.1. The van der Waals surface area contributed by atoms with E-state index in [0.717, 1.165) is 11.1 Å². The molecule has 0 fully saturated rings. The number of Topliss-reactive ketones (excluding diaryl/α,β-unsaturated/α-hetero) is 2. The summed E-state index contributed by atoms with van der Waals surface area (Å²) in [6.07, 6.45) is 9.17. The molecule has 5 amide bonds. The number of carboxylic acids is 1. The molecule has 0 aromatic heterocycles. The normalized spacial score (nSPS) is 11.2. The number of hydroxylamine groups is 1. The zero-order valence-electron chi connectivity index (χ0n) is 50.2. The van der Waals surface area contributed by atoms with Gasteiger partial charge in [-0.3, -0.25) is 29.2 Å². The Balaban J connectivity index is 0.000000569. The molecule has 5 aromatic rings. The van der Waals surface area contributed by atoms with E-state index < -0.39 is 59.2 Å². The maximum Gasteiger partial charge on any atom is 0.407 e. The molecule has 21 heteroatoms. The number of hydrogen-bond donors (Lipinski definition) is 8. The molecule has 0 heterocycles. The lowest BCUT2D eigenvalue weighted by molar-refractivity contribution is -0.131. The Kier molecular flexibility index (Phi) is 34.6. The third-order valence-electron chi connectivity index (χ3n) is 10.8. The molecule has 0 aliphatic carbocycles. The first-order valence-electron chi connectivity index (χ1n) is 26.5. The van der Waals surface area contributed by atoms with E-state index in [4.69, 9.17) is 47.8 Å². The number of nitrogens with two attached hydrogens (primary N) is 1. The highest BCUT2D eigenvalue weighted by Crippen LogP contribution is 2.11. The van der Waals surface area contributed by atoms with Gasteiger partial charge in [-0.2, -0.15) is 0 Å². The van der Waals surface area contributed by atoms with Gasteiger partial charge >= 0.3 is 18.2 Å². The fraction of sp³-hybridized carbons (Fsp3) is 0.323. The van der Waals surface area contributed by atoms with Crippen molar-refractivity contribution in [2.24, 2.45) is 11.7 Å². The average Bonchev–Trinajstić information content (AvgIpc) is 3.68. The van der Waals surface area contributed by atoms with Gasteiger partial charge in [-0.05, 0) is 175 Å². The van der Waals surface area contributed by atoms with E-state index >= 15 is 0 Å². The van der Waals surface area contributed by atoms with Crippen LogP contribution in [0, 0.1) is 59.9 Å². The number of methoxy groups -OCH3 is 2. The summed E-state index contributed by atoms with van der Waals surface area (Å²) in [4.78, 5) is 92.6. The van der Waals surface area contributed by atoms with Gasteiger partial charge in [0.15, 0.2) is 11.6 Å². The number of aromatic carboxylic acids is 1. The van der Waals surface area contributed by atoms with Crippen molar-refractivity contribution >= 4 is 70.0 Å². The van der Waals surface area contributed by atoms with Gasteiger partial charge in [-0.25, -0.2) is 19.9 Å².